The first-order valence-corrected chi connectivity index (χ1v) is 8.23. The van der Waals surface area contributed by atoms with Crippen LogP contribution in [0.5, 0.6) is 5.75 Å². The van der Waals surface area contributed by atoms with Crippen LogP contribution < -0.4 is 4.74 Å². The Hall–Kier alpha value is -1.95. The Morgan fingerprint density at radius 2 is 1.96 bits per heavy atom. The zero-order valence-corrected chi connectivity index (χ0v) is 14.5. The molecule has 0 spiro atoms. The highest BCUT2D eigenvalue weighted by atomic mass is 19.1. The first kappa shape index (κ1) is 18.4. The van der Waals surface area contributed by atoms with Crippen LogP contribution >= 0.6 is 0 Å². The first-order valence-electron chi connectivity index (χ1n) is 8.23. The molecule has 132 valence electrons. The van der Waals surface area contributed by atoms with E-state index in [1.807, 2.05) is 0 Å². The lowest BCUT2D eigenvalue weighted by molar-refractivity contribution is -0.132. The molecule has 6 heteroatoms. The largest absolute Gasteiger partial charge is 0.494 e. The Balaban J connectivity index is 1.86. The van der Waals surface area contributed by atoms with E-state index in [-0.39, 0.29) is 41.9 Å². The van der Waals surface area contributed by atoms with Gasteiger partial charge in [0.15, 0.2) is 17.3 Å². The number of likely N-dealkylation sites (tertiary alicyclic amines) is 1. The molecule has 5 nitrogen and oxygen atoms in total. The SMILES string of the molecule is COc1ccc(C(=O)CCC(=O)N(C)C2CCN(C)CC2)cc1F. The van der Waals surface area contributed by atoms with Gasteiger partial charge >= 0.3 is 0 Å². The van der Waals surface area contributed by atoms with Crippen molar-refractivity contribution in [3.05, 3.63) is 29.6 Å². The third-order valence-corrected chi connectivity index (χ3v) is 4.67. The molecule has 0 radical (unpaired) electrons. The van der Waals surface area contributed by atoms with Gasteiger partial charge in [-0.1, -0.05) is 0 Å². The Morgan fingerprint density at radius 1 is 1.29 bits per heavy atom. The summed E-state index contributed by atoms with van der Waals surface area (Å²) in [6.45, 7) is 1.96. The van der Waals surface area contributed by atoms with E-state index in [4.69, 9.17) is 4.74 Å². The fourth-order valence-electron chi connectivity index (χ4n) is 2.97. The molecule has 0 N–H and O–H groups in total. The minimum absolute atomic E-state index is 0.0353. The van der Waals surface area contributed by atoms with E-state index in [9.17, 15) is 14.0 Å². The van der Waals surface area contributed by atoms with Crippen molar-refractivity contribution in [1.29, 1.82) is 0 Å². The molecule has 1 aromatic rings. The Labute approximate surface area is 142 Å². The second-order valence-electron chi connectivity index (χ2n) is 6.31. The van der Waals surface area contributed by atoms with Crippen LogP contribution in [0, 0.1) is 5.82 Å². The van der Waals surface area contributed by atoms with Gasteiger partial charge in [0.05, 0.1) is 7.11 Å². The van der Waals surface area contributed by atoms with Crippen LogP contribution in [0.15, 0.2) is 18.2 Å². The van der Waals surface area contributed by atoms with Crippen molar-refractivity contribution >= 4 is 11.7 Å². The molecule has 24 heavy (non-hydrogen) atoms. The van der Waals surface area contributed by atoms with E-state index in [0.29, 0.717) is 0 Å². The number of Topliss-reactive ketones (excluding diaryl/α,β-unsaturated/α-hetero) is 1. The number of benzene rings is 1. The van der Waals surface area contributed by atoms with Gasteiger partial charge in [0.25, 0.3) is 0 Å². The maximum Gasteiger partial charge on any atom is 0.223 e. The highest BCUT2D eigenvalue weighted by Gasteiger charge is 2.24. The van der Waals surface area contributed by atoms with E-state index >= 15 is 0 Å². The Bertz CT molecular complexity index is 598. The summed E-state index contributed by atoms with van der Waals surface area (Å²) < 4.78 is 18.5. The number of amides is 1. The van der Waals surface area contributed by atoms with Crippen LogP contribution in [0.25, 0.3) is 0 Å². The van der Waals surface area contributed by atoms with Crippen LogP contribution in [0.3, 0.4) is 0 Å². The lowest BCUT2D eigenvalue weighted by Crippen LogP contribution is -2.44. The van der Waals surface area contributed by atoms with Crippen molar-refractivity contribution in [2.45, 2.75) is 31.7 Å². The average Bonchev–Trinajstić information content (AvgIpc) is 2.59. The number of carbonyl (C=O) groups excluding carboxylic acids is 2. The number of rotatable bonds is 6. The third kappa shape index (κ3) is 4.54. The van der Waals surface area contributed by atoms with E-state index in [2.05, 4.69) is 11.9 Å². The molecule has 1 amide bonds. The number of halogens is 1. The molecule has 2 rings (SSSR count). The van der Waals surface area contributed by atoms with Gasteiger partial charge in [-0.25, -0.2) is 4.39 Å². The Morgan fingerprint density at radius 3 is 2.54 bits per heavy atom. The second kappa shape index (κ2) is 8.24. The monoisotopic (exact) mass is 336 g/mol. The molecular formula is C18H25FN2O3. The molecule has 0 saturated carbocycles. The van der Waals surface area contributed by atoms with Crippen LogP contribution in [0.2, 0.25) is 0 Å². The van der Waals surface area contributed by atoms with Crippen LogP contribution in [-0.2, 0) is 4.79 Å². The standard InChI is InChI=1S/C18H25FN2O3/c1-20-10-8-14(9-11-20)21(2)18(23)7-5-16(22)13-4-6-17(24-3)15(19)12-13/h4,6,12,14H,5,7-11H2,1-3H3. The van der Waals surface area contributed by atoms with Crippen molar-refractivity contribution in [2.24, 2.45) is 0 Å². The zero-order chi connectivity index (χ0) is 17.7. The summed E-state index contributed by atoms with van der Waals surface area (Å²) >= 11 is 0. The molecule has 0 aromatic heterocycles. The van der Waals surface area contributed by atoms with E-state index in [1.54, 1.807) is 11.9 Å². The number of piperidine rings is 1. The molecule has 1 aromatic carbocycles. The quantitative estimate of drug-likeness (QED) is 0.748. The van der Waals surface area contributed by atoms with Crippen molar-refractivity contribution in [3.8, 4) is 5.75 Å². The van der Waals surface area contributed by atoms with E-state index in [1.165, 1.54) is 19.2 Å². The van der Waals surface area contributed by atoms with Crippen molar-refractivity contribution in [2.75, 3.05) is 34.3 Å². The van der Waals surface area contributed by atoms with Crippen molar-refractivity contribution < 1.29 is 18.7 Å². The average molecular weight is 336 g/mol. The molecule has 1 fully saturated rings. The van der Waals surface area contributed by atoms with E-state index in [0.717, 1.165) is 32.0 Å². The summed E-state index contributed by atoms with van der Waals surface area (Å²) in [5.41, 5.74) is 0.267. The number of ether oxygens (including phenoxy) is 1. The maximum absolute atomic E-state index is 13.7. The summed E-state index contributed by atoms with van der Waals surface area (Å²) in [5, 5.41) is 0. The summed E-state index contributed by atoms with van der Waals surface area (Å²) in [6.07, 6.45) is 2.14. The predicted molar refractivity (Wildman–Crippen MR) is 89.8 cm³/mol. The van der Waals surface area contributed by atoms with Crippen LogP contribution in [-0.4, -0.2) is 61.8 Å². The van der Waals surface area contributed by atoms with Gasteiger partial charge in [-0.15, -0.1) is 0 Å². The van der Waals surface area contributed by atoms with Crippen LogP contribution in [0.4, 0.5) is 4.39 Å². The van der Waals surface area contributed by atoms with Gasteiger partial charge in [-0.2, -0.15) is 0 Å². The normalized spacial score (nSPS) is 16.0. The topological polar surface area (TPSA) is 49.9 Å². The first-order chi connectivity index (χ1) is 11.4. The number of hydrogen-bond acceptors (Lipinski definition) is 4. The van der Waals surface area contributed by atoms with Crippen molar-refractivity contribution in [3.63, 3.8) is 0 Å². The van der Waals surface area contributed by atoms with Gasteiger partial charge in [0.1, 0.15) is 0 Å². The smallest absolute Gasteiger partial charge is 0.223 e. The molecule has 0 unspecified atom stereocenters. The predicted octanol–water partition coefficient (Wildman–Crippen LogP) is 2.35. The molecule has 1 heterocycles. The highest BCUT2D eigenvalue weighted by molar-refractivity contribution is 5.98. The molecule has 0 atom stereocenters. The van der Waals surface area contributed by atoms with E-state index < -0.39 is 5.82 Å². The van der Waals surface area contributed by atoms with Gasteiger partial charge in [-0.3, -0.25) is 9.59 Å². The van der Waals surface area contributed by atoms with Gasteiger partial charge in [0.2, 0.25) is 5.91 Å². The summed E-state index contributed by atoms with van der Waals surface area (Å²) in [4.78, 5) is 28.5. The number of carbonyl (C=O) groups is 2. The number of ketones is 1. The Kier molecular flexibility index (Phi) is 6.31. The number of hydrogen-bond donors (Lipinski definition) is 0. The fraction of sp³-hybridized carbons (Fsp3) is 0.556. The van der Waals surface area contributed by atoms with Crippen molar-refractivity contribution in [1.82, 2.24) is 9.80 Å². The zero-order valence-electron chi connectivity index (χ0n) is 14.5. The molecule has 1 saturated heterocycles. The second-order valence-corrected chi connectivity index (χ2v) is 6.31. The third-order valence-electron chi connectivity index (χ3n) is 4.67. The highest BCUT2D eigenvalue weighted by Crippen LogP contribution is 2.20. The maximum atomic E-state index is 13.7. The fourth-order valence-corrected chi connectivity index (χ4v) is 2.97. The molecule has 0 aliphatic carbocycles. The summed E-state index contributed by atoms with van der Waals surface area (Å²) in [5.74, 6) is -0.740. The summed E-state index contributed by atoms with van der Waals surface area (Å²) in [6, 6.07) is 4.35. The number of methoxy groups -OCH3 is 1. The lowest BCUT2D eigenvalue weighted by Gasteiger charge is -2.35. The summed E-state index contributed by atoms with van der Waals surface area (Å²) in [7, 11) is 5.25. The lowest BCUT2D eigenvalue weighted by atomic mass is 10.0. The van der Waals surface area contributed by atoms with Crippen LogP contribution in [0.1, 0.15) is 36.0 Å². The van der Waals surface area contributed by atoms with Gasteiger partial charge < -0.3 is 14.5 Å². The minimum atomic E-state index is -0.571. The molecular weight excluding hydrogens is 311 g/mol. The van der Waals surface area contributed by atoms with Gasteiger partial charge in [0, 0.05) is 31.5 Å². The molecule has 1 aliphatic rings. The number of nitrogens with zero attached hydrogens (tertiary/aromatic N) is 2. The molecule has 1 aliphatic heterocycles. The molecule has 0 bridgehead atoms. The minimum Gasteiger partial charge on any atom is -0.494 e. The van der Waals surface area contributed by atoms with Gasteiger partial charge in [-0.05, 0) is 51.2 Å².